The molecule has 0 radical (unpaired) electrons. The Morgan fingerprint density at radius 3 is 2.86 bits per heavy atom. The minimum absolute atomic E-state index is 0.0391. The predicted octanol–water partition coefficient (Wildman–Crippen LogP) is 1.94. The smallest absolute Gasteiger partial charge is 0.220 e. The van der Waals surface area contributed by atoms with Crippen molar-refractivity contribution in [3.05, 3.63) is 48.3 Å². The van der Waals surface area contributed by atoms with E-state index in [1.54, 1.807) is 6.20 Å². The number of rotatable bonds is 8. The highest BCUT2D eigenvalue weighted by Gasteiger charge is 2.07. The standard InChI is InChI=1S/C17H23N3O2/c1-14(9-10-21)11-18-17(22)8-7-15-12-19-20(13-15)16-5-3-2-4-6-16/h2-6,12-14,21H,7-11H2,1H3,(H,18,22). The Balaban J connectivity index is 1.78. The molecule has 1 amide bonds. The molecule has 0 aliphatic rings. The molecule has 2 N–H and O–H groups in total. The Bertz CT molecular complexity index is 581. The SMILES string of the molecule is CC(CCO)CNC(=O)CCc1cnn(-c2ccccc2)c1. The van der Waals surface area contributed by atoms with Gasteiger partial charge in [0.05, 0.1) is 11.9 Å². The van der Waals surface area contributed by atoms with Crippen LogP contribution in [0.15, 0.2) is 42.7 Å². The van der Waals surface area contributed by atoms with Crippen molar-refractivity contribution in [2.24, 2.45) is 5.92 Å². The summed E-state index contributed by atoms with van der Waals surface area (Å²) in [5.74, 6) is 0.340. The summed E-state index contributed by atoms with van der Waals surface area (Å²) in [5, 5.41) is 16.0. The lowest BCUT2D eigenvalue weighted by Crippen LogP contribution is -2.28. The van der Waals surface area contributed by atoms with E-state index in [-0.39, 0.29) is 12.5 Å². The fourth-order valence-corrected chi connectivity index (χ4v) is 2.17. The van der Waals surface area contributed by atoms with E-state index in [2.05, 4.69) is 10.4 Å². The second kappa shape index (κ2) is 8.34. The highest BCUT2D eigenvalue weighted by molar-refractivity contribution is 5.76. The Kier molecular flexibility index (Phi) is 6.15. The fourth-order valence-electron chi connectivity index (χ4n) is 2.17. The first-order valence-corrected chi connectivity index (χ1v) is 7.65. The van der Waals surface area contributed by atoms with Crippen LogP contribution in [-0.4, -0.2) is 33.9 Å². The number of aliphatic hydroxyl groups is 1. The molecule has 1 aromatic heterocycles. The Morgan fingerprint density at radius 2 is 2.14 bits per heavy atom. The van der Waals surface area contributed by atoms with E-state index >= 15 is 0 Å². The molecule has 1 heterocycles. The molecule has 0 aliphatic heterocycles. The zero-order chi connectivity index (χ0) is 15.8. The number of carbonyl (C=O) groups is 1. The maximum Gasteiger partial charge on any atom is 0.220 e. The van der Waals surface area contributed by atoms with E-state index in [0.717, 1.165) is 11.3 Å². The second-order valence-electron chi connectivity index (χ2n) is 5.55. The van der Waals surface area contributed by atoms with Crippen molar-refractivity contribution >= 4 is 5.91 Å². The van der Waals surface area contributed by atoms with Gasteiger partial charge >= 0.3 is 0 Å². The zero-order valence-electron chi connectivity index (χ0n) is 12.9. The number of carbonyl (C=O) groups excluding carboxylic acids is 1. The number of nitrogens with one attached hydrogen (secondary N) is 1. The first-order chi connectivity index (χ1) is 10.7. The summed E-state index contributed by atoms with van der Waals surface area (Å²) in [6, 6.07) is 9.89. The van der Waals surface area contributed by atoms with E-state index < -0.39 is 0 Å². The summed E-state index contributed by atoms with van der Waals surface area (Å²) < 4.78 is 1.82. The third-order valence-corrected chi connectivity index (χ3v) is 3.57. The van der Waals surface area contributed by atoms with Gasteiger partial charge in [-0.3, -0.25) is 4.79 Å². The van der Waals surface area contributed by atoms with Crippen LogP contribution in [0.5, 0.6) is 0 Å². The highest BCUT2D eigenvalue weighted by Crippen LogP contribution is 2.09. The van der Waals surface area contributed by atoms with Gasteiger partial charge in [-0.15, -0.1) is 0 Å². The van der Waals surface area contributed by atoms with Gasteiger partial charge in [0.1, 0.15) is 0 Å². The highest BCUT2D eigenvalue weighted by atomic mass is 16.3. The molecule has 0 saturated carbocycles. The maximum absolute atomic E-state index is 11.8. The molecule has 1 atom stereocenters. The number of hydrogen-bond donors (Lipinski definition) is 2. The van der Waals surface area contributed by atoms with Crippen LogP contribution in [0.2, 0.25) is 0 Å². The molecule has 0 spiro atoms. The minimum atomic E-state index is 0.0391. The maximum atomic E-state index is 11.8. The van der Waals surface area contributed by atoms with Crippen LogP contribution in [0.4, 0.5) is 0 Å². The average molecular weight is 301 g/mol. The number of para-hydroxylation sites is 1. The molecule has 2 aromatic rings. The number of aliphatic hydroxyl groups excluding tert-OH is 1. The molecule has 1 aromatic carbocycles. The summed E-state index contributed by atoms with van der Waals surface area (Å²) in [7, 11) is 0. The number of benzene rings is 1. The van der Waals surface area contributed by atoms with Crippen molar-refractivity contribution in [1.29, 1.82) is 0 Å². The largest absolute Gasteiger partial charge is 0.396 e. The van der Waals surface area contributed by atoms with Crippen LogP contribution < -0.4 is 5.32 Å². The lowest BCUT2D eigenvalue weighted by Gasteiger charge is -2.10. The molecule has 22 heavy (non-hydrogen) atoms. The van der Waals surface area contributed by atoms with Crippen molar-refractivity contribution in [3.8, 4) is 5.69 Å². The van der Waals surface area contributed by atoms with Crippen molar-refractivity contribution in [2.75, 3.05) is 13.2 Å². The molecule has 1 unspecified atom stereocenters. The monoisotopic (exact) mass is 301 g/mol. The zero-order valence-corrected chi connectivity index (χ0v) is 12.9. The average Bonchev–Trinajstić information content (AvgIpc) is 3.01. The number of amides is 1. The summed E-state index contributed by atoms with van der Waals surface area (Å²) in [5.41, 5.74) is 2.05. The van der Waals surface area contributed by atoms with Gasteiger partial charge in [0.15, 0.2) is 0 Å². The molecule has 2 rings (SSSR count). The Hall–Kier alpha value is -2.14. The van der Waals surface area contributed by atoms with Crippen LogP contribution in [-0.2, 0) is 11.2 Å². The van der Waals surface area contributed by atoms with Crippen molar-refractivity contribution < 1.29 is 9.90 Å². The van der Waals surface area contributed by atoms with Crippen LogP contribution in [0.3, 0.4) is 0 Å². The first kappa shape index (κ1) is 16.2. The Morgan fingerprint density at radius 1 is 1.36 bits per heavy atom. The molecule has 5 heteroatoms. The van der Waals surface area contributed by atoms with Gasteiger partial charge in [-0.05, 0) is 36.5 Å². The van der Waals surface area contributed by atoms with E-state index in [4.69, 9.17) is 5.11 Å². The minimum Gasteiger partial charge on any atom is -0.396 e. The van der Waals surface area contributed by atoms with E-state index in [1.165, 1.54) is 0 Å². The van der Waals surface area contributed by atoms with Gasteiger partial charge in [-0.1, -0.05) is 25.1 Å². The summed E-state index contributed by atoms with van der Waals surface area (Å²) in [6.07, 6.45) is 5.59. The van der Waals surface area contributed by atoms with Crippen molar-refractivity contribution in [1.82, 2.24) is 15.1 Å². The van der Waals surface area contributed by atoms with Gasteiger partial charge in [0.2, 0.25) is 5.91 Å². The van der Waals surface area contributed by atoms with Gasteiger partial charge in [0.25, 0.3) is 0 Å². The fraction of sp³-hybridized carbons (Fsp3) is 0.412. The van der Waals surface area contributed by atoms with E-state index in [0.29, 0.717) is 31.7 Å². The molecule has 118 valence electrons. The van der Waals surface area contributed by atoms with Gasteiger partial charge < -0.3 is 10.4 Å². The number of aromatic nitrogens is 2. The van der Waals surface area contributed by atoms with Crippen molar-refractivity contribution in [2.45, 2.75) is 26.2 Å². The molecular formula is C17H23N3O2. The van der Waals surface area contributed by atoms with Crippen LogP contribution in [0.25, 0.3) is 5.69 Å². The Labute approximate surface area is 131 Å². The number of hydrogen-bond acceptors (Lipinski definition) is 3. The van der Waals surface area contributed by atoms with Crippen LogP contribution >= 0.6 is 0 Å². The third-order valence-electron chi connectivity index (χ3n) is 3.57. The van der Waals surface area contributed by atoms with Crippen LogP contribution in [0, 0.1) is 5.92 Å². The number of aryl methyl sites for hydroxylation is 1. The normalized spacial score (nSPS) is 12.1. The lowest BCUT2D eigenvalue weighted by atomic mass is 10.1. The molecule has 0 bridgehead atoms. The lowest BCUT2D eigenvalue weighted by molar-refractivity contribution is -0.121. The molecule has 5 nitrogen and oxygen atoms in total. The summed E-state index contributed by atoms with van der Waals surface area (Å²) in [6.45, 7) is 2.79. The van der Waals surface area contributed by atoms with E-state index in [9.17, 15) is 4.79 Å². The molecule has 0 fully saturated rings. The van der Waals surface area contributed by atoms with Gasteiger partial charge in [-0.25, -0.2) is 4.68 Å². The predicted molar refractivity (Wildman–Crippen MR) is 85.8 cm³/mol. The molecular weight excluding hydrogens is 278 g/mol. The first-order valence-electron chi connectivity index (χ1n) is 7.65. The molecule has 0 aliphatic carbocycles. The number of nitrogens with zero attached hydrogens (tertiary/aromatic N) is 2. The second-order valence-corrected chi connectivity index (χ2v) is 5.55. The summed E-state index contributed by atoms with van der Waals surface area (Å²) >= 11 is 0. The quantitative estimate of drug-likeness (QED) is 0.783. The molecule has 0 saturated heterocycles. The van der Waals surface area contributed by atoms with E-state index in [1.807, 2.05) is 48.1 Å². The van der Waals surface area contributed by atoms with Crippen molar-refractivity contribution in [3.63, 3.8) is 0 Å². The third kappa shape index (κ3) is 5.00. The van der Waals surface area contributed by atoms with Crippen LogP contribution in [0.1, 0.15) is 25.3 Å². The van der Waals surface area contributed by atoms with Gasteiger partial charge in [-0.2, -0.15) is 5.10 Å². The summed E-state index contributed by atoms with van der Waals surface area (Å²) in [4.78, 5) is 11.8. The van der Waals surface area contributed by atoms with Gasteiger partial charge in [0, 0.05) is 25.8 Å². The topological polar surface area (TPSA) is 67.2 Å².